The zero-order valence-corrected chi connectivity index (χ0v) is 16.9. The van der Waals surface area contributed by atoms with Crippen LogP contribution in [-0.4, -0.2) is 28.7 Å². The van der Waals surface area contributed by atoms with Crippen LogP contribution in [0.5, 0.6) is 0 Å². The number of rotatable bonds is 5. The molecular weight excluding hydrogens is 340 g/mol. The van der Waals surface area contributed by atoms with Crippen molar-refractivity contribution < 1.29 is 4.79 Å². The number of benzene rings is 2. The Hall–Kier alpha value is -1.78. The first-order valence-corrected chi connectivity index (χ1v) is 10.1. The van der Waals surface area contributed by atoms with Crippen molar-refractivity contribution in [2.24, 2.45) is 5.92 Å². The Bertz CT molecular complexity index is 760. The predicted octanol–water partition coefficient (Wildman–Crippen LogP) is 4.93. The van der Waals surface area contributed by atoms with E-state index in [1.54, 1.807) is 11.9 Å². The Morgan fingerprint density at radius 3 is 2.50 bits per heavy atom. The highest BCUT2D eigenvalue weighted by molar-refractivity contribution is 7.97. The molecule has 1 aliphatic rings. The van der Waals surface area contributed by atoms with Gasteiger partial charge in [-0.15, -0.1) is 0 Å². The molecule has 0 aliphatic carbocycles. The van der Waals surface area contributed by atoms with Crippen molar-refractivity contribution in [3.8, 4) is 0 Å². The Labute approximate surface area is 161 Å². The fraction of sp³-hybridized carbons (Fsp3) is 0.409. The van der Waals surface area contributed by atoms with Gasteiger partial charge in [-0.05, 0) is 61.2 Å². The third-order valence-corrected chi connectivity index (χ3v) is 6.14. The quantitative estimate of drug-likeness (QED) is 0.699. The molecule has 3 rings (SSSR count). The maximum Gasteiger partial charge on any atom is 0.225 e. The number of carbonyl (C=O) groups excluding carboxylic acids is 1. The Morgan fingerprint density at radius 1 is 1.08 bits per heavy atom. The van der Waals surface area contributed by atoms with Crippen LogP contribution in [0.4, 0.5) is 0 Å². The molecule has 0 saturated carbocycles. The van der Waals surface area contributed by atoms with Crippen LogP contribution in [0.15, 0.2) is 53.4 Å². The van der Waals surface area contributed by atoms with Gasteiger partial charge in [0.2, 0.25) is 5.91 Å². The van der Waals surface area contributed by atoms with Crippen LogP contribution in [0, 0.1) is 5.92 Å². The van der Waals surface area contributed by atoms with Gasteiger partial charge < -0.3 is 4.90 Å². The van der Waals surface area contributed by atoms with E-state index in [9.17, 15) is 4.79 Å². The number of carbonyl (C=O) groups is 1. The summed E-state index contributed by atoms with van der Waals surface area (Å²) in [5, 5.41) is 0. The molecule has 0 aromatic heterocycles. The minimum Gasteiger partial charge on any atom is -0.338 e. The summed E-state index contributed by atoms with van der Waals surface area (Å²) in [5.41, 5.74) is 3.98. The first-order valence-electron chi connectivity index (χ1n) is 9.32. The molecule has 0 bridgehead atoms. The summed E-state index contributed by atoms with van der Waals surface area (Å²) in [4.78, 5) is 15.6. The number of hydrogen-bond acceptors (Lipinski definition) is 3. The molecule has 2 aromatic rings. The summed E-state index contributed by atoms with van der Waals surface area (Å²) in [6.07, 6.45) is 0.953. The average Bonchev–Trinajstić information content (AvgIpc) is 2.66. The molecule has 0 saturated heterocycles. The van der Waals surface area contributed by atoms with E-state index < -0.39 is 0 Å². The second-order valence-corrected chi connectivity index (χ2v) is 8.55. The lowest BCUT2D eigenvalue weighted by molar-refractivity contribution is -0.135. The van der Waals surface area contributed by atoms with Gasteiger partial charge in [0.05, 0.1) is 0 Å². The maximum atomic E-state index is 12.3. The third-order valence-electron chi connectivity index (χ3n) is 5.07. The molecule has 0 N–H and O–H groups in total. The normalized spacial score (nSPS) is 15.2. The molecular formula is C22H28N2OS. The van der Waals surface area contributed by atoms with E-state index in [1.807, 2.05) is 18.7 Å². The molecule has 2 aromatic carbocycles. The average molecular weight is 369 g/mol. The summed E-state index contributed by atoms with van der Waals surface area (Å²) in [5.74, 6) is 0.315. The molecule has 0 radical (unpaired) electrons. The van der Waals surface area contributed by atoms with Crippen LogP contribution in [0.2, 0.25) is 0 Å². The molecule has 1 amide bonds. The second-order valence-electron chi connectivity index (χ2n) is 7.32. The maximum absolute atomic E-state index is 12.3. The van der Waals surface area contributed by atoms with Gasteiger partial charge in [-0.2, -0.15) is 0 Å². The van der Waals surface area contributed by atoms with Gasteiger partial charge in [-0.1, -0.05) is 50.2 Å². The van der Waals surface area contributed by atoms with Crippen molar-refractivity contribution in [2.45, 2.75) is 44.7 Å². The predicted molar refractivity (Wildman–Crippen MR) is 109 cm³/mol. The van der Waals surface area contributed by atoms with E-state index in [0.29, 0.717) is 6.04 Å². The lowest BCUT2D eigenvalue weighted by Crippen LogP contribution is -2.38. The summed E-state index contributed by atoms with van der Waals surface area (Å²) >= 11 is 1.77. The lowest BCUT2D eigenvalue weighted by atomic mass is 9.99. The van der Waals surface area contributed by atoms with Gasteiger partial charge >= 0.3 is 0 Å². The van der Waals surface area contributed by atoms with Crippen LogP contribution >= 0.6 is 11.9 Å². The van der Waals surface area contributed by atoms with E-state index in [1.165, 1.54) is 21.6 Å². The molecule has 26 heavy (non-hydrogen) atoms. The summed E-state index contributed by atoms with van der Waals surface area (Å²) in [7, 11) is 2.14. The van der Waals surface area contributed by atoms with Crippen LogP contribution in [0.3, 0.4) is 0 Å². The first kappa shape index (κ1) is 19.0. The van der Waals surface area contributed by atoms with E-state index in [-0.39, 0.29) is 11.8 Å². The van der Waals surface area contributed by atoms with E-state index in [2.05, 4.69) is 66.8 Å². The van der Waals surface area contributed by atoms with Crippen molar-refractivity contribution in [1.29, 1.82) is 0 Å². The molecule has 3 nitrogen and oxygen atoms in total. The Balaban J connectivity index is 1.71. The zero-order valence-electron chi connectivity index (χ0n) is 16.1. The second kappa shape index (κ2) is 8.28. The highest BCUT2D eigenvalue weighted by atomic mass is 32.2. The molecule has 1 atom stereocenters. The number of hydrogen-bond donors (Lipinski definition) is 0. The molecule has 0 unspecified atom stereocenters. The lowest BCUT2D eigenvalue weighted by Gasteiger charge is -2.31. The van der Waals surface area contributed by atoms with Crippen molar-refractivity contribution >= 4 is 17.9 Å². The van der Waals surface area contributed by atoms with Crippen LogP contribution < -0.4 is 0 Å². The minimum absolute atomic E-state index is 0.0620. The van der Waals surface area contributed by atoms with Crippen molar-refractivity contribution in [3.05, 3.63) is 65.2 Å². The van der Waals surface area contributed by atoms with Crippen molar-refractivity contribution in [3.63, 3.8) is 0 Å². The fourth-order valence-electron chi connectivity index (χ4n) is 3.33. The smallest absolute Gasteiger partial charge is 0.225 e. The summed E-state index contributed by atoms with van der Waals surface area (Å²) in [6.45, 7) is 7.75. The SMILES string of the molecule is CC(C)C(=O)N1CCc2ccc(SN(C)[C@@H](C)c3ccccc3)cc2C1. The molecule has 1 heterocycles. The van der Waals surface area contributed by atoms with Gasteiger partial charge in [0.1, 0.15) is 0 Å². The van der Waals surface area contributed by atoms with Crippen LogP contribution in [0.1, 0.15) is 43.5 Å². The molecule has 4 heteroatoms. The number of fused-ring (bicyclic) bond motifs is 1. The molecule has 0 spiro atoms. The minimum atomic E-state index is 0.0620. The summed E-state index contributed by atoms with van der Waals surface area (Å²) in [6, 6.07) is 17.6. The van der Waals surface area contributed by atoms with Crippen LogP contribution in [0.25, 0.3) is 0 Å². The van der Waals surface area contributed by atoms with Gasteiger partial charge in [0.25, 0.3) is 0 Å². The Morgan fingerprint density at radius 2 is 1.81 bits per heavy atom. The highest BCUT2D eigenvalue weighted by Crippen LogP contribution is 2.32. The third kappa shape index (κ3) is 4.30. The number of amides is 1. The molecule has 1 aliphatic heterocycles. The molecule has 0 fully saturated rings. The standard InChI is InChI=1S/C22H28N2OS/c1-16(2)22(25)24-13-12-19-10-11-21(14-20(19)15-24)26-23(4)17(3)18-8-6-5-7-9-18/h5-11,14,16-17H,12-13,15H2,1-4H3/t17-/m0/s1. The largest absolute Gasteiger partial charge is 0.338 e. The highest BCUT2D eigenvalue weighted by Gasteiger charge is 2.23. The van der Waals surface area contributed by atoms with Crippen LogP contribution in [-0.2, 0) is 17.8 Å². The van der Waals surface area contributed by atoms with Crippen molar-refractivity contribution in [2.75, 3.05) is 13.6 Å². The summed E-state index contributed by atoms with van der Waals surface area (Å²) < 4.78 is 2.29. The number of nitrogens with zero attached hydrogens (tertiary/aromatic N) is 2. The van der Waals surface area contributed by atoms with Gasteiger partial charge in [0.15, 0.2) is 0 Å². The fourth-order valence-corrected chi connectivity index (χ4v) is 4.27. The Kier molecular flexibility index (Phi) is 6.05. The molecule has 138 valence electrons. The van der Waals surface area contributed by atoms with Crippen molar-refractivity contribution in [1.82, 2.24) is 9.21 Å². The van der Waals surface area contributed by atoms with E-state index >= 15 is 0 Å². The monoisotopic (exact) mass is 368 g/mol. The first-order chi connectivity index (χ1) is 12.5. The van der Waals surface area contributed by atoms with Gasteiger partial charge in [-0.25, -0.2) is 4.31 Å². The van der Waals surface area contributed by atoms with Gasteiger partial charge in [0, 0.05) is 29.9 Å². The zero-order chi connectivity index (χ0) is 18.7. The van der Waals surface area contributed by atoms with Gasteiger partial charge in [-0.3, -0.25) is 4.79 Å². The van der Waals surface area contributed by atoms with E-state index in [4.69, 9.17) is 0 Å². The van der Waals surface area contributed by atoms with E-state index in [0.717, 1.165) is 19.5 Å². The topological polar surface area (TPSA) is 23.6 Å².